The maximum Gasteiger partial charge on any atom is 0.227 e. The normalized spacial score (nSPS) is 15.7. The summed E-state index contributed by atoms with van der Waals surface area (Å²) in [5, 5.41) is 0. The van der Waals surface area contributed by atoms with E-state index < -0.39 is 0 Å². The molecule has 3 heteroatoms. The highest BCUT2D eigenvalue weighted by molar-refractivity contribution is 7.99. The lowest BCUT2D eigenvalue weighted by molar-refractivity contribution is 0.311. The first-order chi connectivity index (χ1) is 6.98. The minimum absolute atomic E-state index is 0.0886. The minimum Gasteiger partial charge on any atom is -0.476 e. The first kappa shape index (κ1) is 10.8. The molecule has 1 aliphatic heterocycles. The third-order valence-corrected chi connectivity index (χ3v) is 3.62. The number of nitrogens with zero attached hydrogens (tertiary/aromatic N) is 1. The molecule has 2 nitrogen and oxygen atoms in total. The monoisotopic (exact) mass is 223 g/mol. The van der Waals surface area contributed by atoms with Crippen LogP contribution in [0.15, 0.2) is 11.0 Å². The molecule has 82 valence electrons. The Labute approximate surface area is 95.4 Å². The molecular weight excluding hydrogens is 206 g/mol. The highest BCUT2D eigenvalue weighted by atomic mass is 32.2. The number of aromatic nitrogens is 1. The van der Waals surface area contributed by atoms with Crippen molar-refractivity contribution in [1.29, 1.82) is 0 Å². The van der Waals surface area contributed by atoms with E-state index in [0.717, 1.165) is 23.9 Å². The van der Waals surface area contributed by atoms with Crippen LogP contribution in [0.4, 0.5) is 0 Å². The van der Waals surface area contributed by atoms with Gasteiger partial charge in [0.1, 0.15) is 0 Å². The molecule has 1 aromatic heterocycles. The molecule has 0 unspecified atom stereocenters. The maximum absolute atomic E-state index is 5.61. The van der Waals surface area contributed by atoms with E-state index in [2.05, 4.69) is 38.7 Å². The number of aryl methyl sites for hydroxylation is 1. The van der Waals surface area contributed by atoms with Gasteiger partial charge in [0.25, 0.3) is 0 Å². The molecule has 0 aromatic carbocycles. The molecule has 2 rings (SSSR count). The fourth-order valence-electron chi connectivity index (χ4n) is 1.57. The summed E-state index contributed by atoms with van der Waals surface area (Å²) in [4.78, 5) is 5.82. The molecular formula is C12H17NOS. The standard InChI is InChI=1S/C12H17NOS/c1-8-7-9(12(2,3)4)13-11-10(8)15-6-5-14-11/h7H,5-6H2,1-4H3. The van der Waals surface area contributed by atoms with E-state index in [9.17, 15) is 0 Å². The van der Waals surface area contributed by atoms with Gasteiger partial charge in [-0.15, -0.1) is 11.8 Å². The smallest absolute Gasteiger partial charge is 0.227 e. The van der Waals surface area contributed by atoms with Crippen molar-refractivity contribution in [3.63, 3.8) is 0 Å². The van der Waals surface area contributed by atoms with Crippen LogP contribution in [0, 0.1) is 6.92 Å². The summed E-state index contributed by atoms with van der Waals surface area (Å²) in [6.45, 7) is 9.44. The Morgan fingerprint density at radius 1 is 1.40 bits per heavy atom. The molecule has 0 N–H and O–H groups in total. The van der Waals surface area contributed by atoms with Gasteiger partial charge in [0, 0.05) is 11.2 Å². The Morgan fingerprint density at radius 3 is 2.80 bits per heavy atom. The Morgan fingerprint density at radius 2 is 2.13 bits per heavy atom. The summed E-state index contributed by atoms with van der Waals surface area (Å²) in [6.07, 6.45) is 0. The Hall–Kier alpha value is -0.700. The van der Waals surface area contributed by atoms with Crippen LogP contribution in [0.25, 0.3) is 0 Å². The number of pyridine rings is 1. The fraction of sp³-hybridized carbons (Fsp3) is 0.583. The minimum atomic E-state index is 0.0886. The molecule has 0 bridgehead atoms. The first-order valence-corrected chi connectivity index (χ1v) is 6.25. The fourth-order valence-corrected chi connectivity index (χ4v) is 2.46. The van der Waals surface area contributed by atoms with E-state index in [1.165, 1.54) is 10.5 Å². The zero-order chi connectivity index (χ0) is 11.1. The second-order valence-electron chi connectivity index (χ2n) is 4.91. The van der Waals surface area contributed by atoms with Crippen LogP contribution in [0.2, 0.25) is 0 Å². The van der Waals surface area contributed by atoms with Crippen molar-refractivity contribution in [3.8, 4) is 5.88 Å². The van der Waals surface area contributed by atoms with Gasteiger partial charge in [-0.2, -0.15) is 0 Å². The molecule has 0 amide bonds. The van der Waals surface area contributed by atoms with Gasteiger partial charge in [-0.1, -0.05) is 20.8 Å². The molecule has 0 atom stereocenters. The van der Waals surface area contributed by atoms with Gasteiger partial charge in [0.05, 0.1) is 17.2 Å². The number of hydrogen-bond acceptors (Lipinski definition) is 3. The van der Waals surface area contributed by atoms with Gasteiger partial charge in [-0.05, 0) is 18.6 Å². The molecule has 0 saturated heterocycles. The Balaban J connectivity index is 2.50. The number of thioether (sulfide) groups is 1. The summed E-state index contributed by atoms with van der Waals surface area (Å²) in [6, 6.07) is 2.18. The predicted molar refractivity (Wildman–Crippen MR) is 63.9 cm³/mol. The van der Waals surface area contributed by atoms with Crippen LogP contribution in [0.5, 0.6) is 5.88 Å². The van der Waals surface area contributed by atoms with Crippen molar-refractivity contribution >= 4 is 11.8 Å². The van der Waals surface area contributed by atoms with Crippen LogP contribution in [0.3, 0.4) is 0 Å². The van der Waals surface area contributed by atoms with Crippen LogP contribution in [-0.2, 0) is 5.41 Å². The van der Waals surface area contributed by atoms with Gasteiger partial charge in [-0.25, -0.2) is 4.98 Å². The van der Waals surface area contributed by atoms with Gasteiger partial charge in [0.15, 0.2) is 0 Å². The quantitative estimate of drug-likeness (QED) is 0.674. The van der Waals surface area contributed by atoms with Crippen LogP contribution < -0.4 is 4.74 Å². The predicted octanol–water partition coefficient (Wildman–Crippen LogP) is 3.17. The lowest BCUT2D eigenvalue weighted by atomic mass is 9.91. The lowest BCUT2D eigenvalue weighted by Crippen LogP contribution is -2.17. The van der Waals surface area contributed by atoms with E-state index in [1.807, 2.05) is 11.8 Å². The lowest BCUT2D eigenvalue weighted by Gasteiger charge is -2.23. The highest BCUT2D eigenvalue weighted by Gasteiger charge is 2.21. The zero-order valence-corrected chi connectivity index (χ0v) is 10.6. The van der Waals surface area contributed by atoms with Crippen LogP contribution >= 0.6 is 11.8 Å². The van der Waals surface area contributed by atoms with Crippen molar-refractivity contribution in [2.24, 2.45) is 0 Å². The van der Waals surface area contributed by atoms with E-state index in [0.29, 0.717) is 0 Å². The van der Waals surface area contributed by atoms with Crippen molar-refractivity contribution in [3.05, 3.63) is 17.3 Å². The van der Waals surface area contributed by atoms with E-state index >= 15 is 0 Å². The number of hydrogen-bond donors (Lipinski definition) is 0. The van der Waals surface area contributed by atoms with E-state index in [-0.39, 0.29) is 5.41 Å². The average molecular weight is 223 g/mol. The molecule has 15 heavy (non-hydrogen) atoms. The Kier molecular flexibility index (Phi) is 2.67. The van der Waals surface area contributed by atoms with E-state index in [4.69, 9.17) is 4.74 Å². The topological polar surface area (TPSA) is 22.1 Å². The molecule has 0 fully saturated rings. The van der Waals surface area contributed by atoms with Crippen LogP contribution in [-0.4, -0.2) is 17.3 Å². The molecule has 2 heterocycles. The van der Waals surface area contributed by atoms with Crippen molar-refractivity contribution in [1.82, 2.24) is 4.98 Å². The largest absolute Gasteiger partial charge is 0.476 e. The van der Waals surface area contributed by atoms with Crippen molar-refractivity contribution in [2.45, 2.75) is 38.0 Å². The number of ether oxygens (including phenoxy) is 1. The second-order valence-corrected chi connectivity index (χ2v) is 6.01. The molecule has 0 aliphatic carbocycles. The van der Waals surface area contributed by atoms with Gasteiger partial charge < -0.3 is 4.74 Å². The van der Waals surface area contributed by atoms with Gasteiger partial charge in [0.2, 0.25) is 5.88 Å². The summed E-state index contributed by atoms with van der Waals surface area (Å²) in [5.74, 6) is 1.86. The second kappa shape index (κ2) is 3.71. The maximum atomic E-state index is 5.61. The Bertz CT molecular complexity index is 382. The third kappa shape index (κ3) is 2.12. The molecule has 0 spiro atoms. The number of fused-ring (bicyclic) bond motifs is 1. The summed E-state index contributed by atoms with van der Waals surface area (Å²) >= 11 is 1.85. The SMILES string of the molecule is Cc1cc(C(C)(C)C)nc2c1SCCO2. The molecule has 1 aliphatic rings. The van der Waals surface area contributed by atoms with Crippen molar-refractivity contribution < 1.29 is 4.74 Å². The first-order valence-electron chi connectivity index (χ1n) is 5.26. The summed E-state index contributed by atoms with van der Waals surface area (Å²) in [7, 11) is 0. The van der Waals surface area contributed by atoms with Crippen LogP contribution in [0.1, 0.15) is 32.0 Å². The third-order valence-electron chi connectivity index (χ3n) is 2.46. The zero-order valence-electron chi connectivity index (χ0n) is 9.76. The molecule has 0 radical (unpaired) electrons. The average Bonchev–Trinajstić information content (AvgIpc) is 2.16. The summed E-state index contributed by atoms with van der Waals surface area (Å²) in [5.41, 5.74) is 2.49. The van der Waals surface area contributed by atoms with E-state index in [1.54, 1.807) is 0 Å². The highest BCUT2D eigenvalue weighted by Crippen LogP contribution is 2.36. The molecule has 1 aromatic rings. The van der Waals surface area contributed by atoms with Gasteiger partial charge >= 0.3 is 0 Å². The number of rotatable bonds is 0. The summed E-state index contributed by atoms with van der Waals surface area (Å²) < 4.78 is 5.61. The van der Waals surface area contributed by atoms with Crippen molar-refractivity contribution in [2.75, 3.05) is 12.4 Å². The van der Waals surface area contributed by atoms with Gasteiger partial charge in [-0.3, -0.25) is 0 Å². The molecule has 0 saturated carbocycles.